The molecule has 0 aromatic heterocycles. The summed E-state index contributed by atoms with van der Waals surface area (Å²) in [6.45, 7) is 4.95. The van der Waals surface area contributed by atoms with Gasteiger partial charge in [-0.2, -0.15) is 0 Å². The molecule has 5 heteroatoms. The molecule has 1 aromatic rings. The summed E-state index contributed by atoms with van der Waals surface area (Å²) >= 11 is 0. The molecule has 1 aliphatic carbocycles. The van der Waals surface area contributed by atoms with Gasteiger partial charge in [0.15, 0.2) is 0 Å². The molecule has 1 aliphatic rings. The number of hydrogen-bond acceptors (Lipinski definition) is 3. The van der Waals surface area contributed by atoms with Crippen LogP contribution in [0.25, 0.3) is 0 Å². The quantitative estimate of drug-likeness (QED) is 0.793. The van der Waals surface area contributed by atoms with E-state index in [1.54, 1.807) is 24.3 Å². The molecule has 1 aromatic carbocycles. The van der Waals surface area contributed by atoms with Crippen molar-refractivity contribution in [3.8, 4) is 0 Å². The van der Waals surface area contributed by atoms with E-state index in [4.69, 9.17) is 5.73 Å². The van der Waals surface area contributed by atoms with Crippen molar-refractivity contribution >= 4 is 15.7 Å². The highest BCUT2D eigenvalue weighted by atomic mass is 32.2. The number of nitrogens with one attached hydrogen (secondary N) is 1. The lowest BCUT2D eigenvalue weighted by atomic mass is 9.79. The summed E-state index contributed by atoms with van der Waals surface area (Å²) in [4.78, 5) is 0.286. The summed E-state index contributed by atoms with van der Waals surface area (Å²) in [7, 11) is -3.44. The lowest BCUT2D eigenvalue weighted by Crippen LogP contribution is -2.36. The second-order valence-corrected chi connectivity index (χ2v) is 8.47. The van der Waals surface area contributed by atoms with E-state index in [-0.39, 0.29) is 10.3 Å². The molecule has 0 aliphatic heterocycles. The van der Waals surface area contributed by atoms with Gasteiger partial charge in [-0.25, -0.2) is 13.1 Å². The minimum atomic E-state index is -3.44. The zero-order valence-electron chi connectivity index (χ0n) is 12.9. The van der Waals surface area contributed by atoms with Crippen molar-refractivity contribution in [1.29, 1.82) is 0 Å². The molecule has 0 radical (unpaired) electrons. The summed E-state index contributed by atoms with van der Waals surface area (Å²) < 4.78 is 27.6. The Kier molecular flexibility index (Phi) is 4.94. The first-order chi connectivity index (χ1) is 9.83. The Hall–Kier alpha value is -1.07. The molecule has 0 spiro atoms. The number of rotatable bonds is 6. The summed E-state index contributed by atoms with van der Waals surface area (Å²) in [6.07, 6.45) is 5.73. The second kappa shape index (κ2) is 6.36. The van der Waals surface area contributed by atoms with Gasteiger partial charge in [0.2, 0.25) is 10.0 Å². The first-order valence-corrected chi connectivity index (χ1v) is 9.17. The Morgan fingerprint density at radius 1 is 1.19 bits per heavy atom. The van der Waals surface area contributed by atoms with E-state index in [1.165, 1.54) is 12.8 Å². The molecule has 2 rings (SSSR count). The average Bonchev–Trinajstić information content (AvgIpc) is 2.85. The molecule has 0 unspecified atom stereocenters. The summed E-state index contributed by atoms with van der Waals surface area (Å²) in [5.74, 6) is 0.587. The molecular formula is C16H26N2O2S. The fraction of sp³-hybridized carbons (Fsp3) is 0.625. The van der Waals surface area contributed by atoms with Crippen LogP contribution in [0.2, 0.25) is 0 Å². The summed E-state index contributed by atoms with van der Waals surface area (Å²) in [5.41, 5.74) is 6.31. The van der Waals surface area contributed by atoms with Gasteiger partial charge in [-0.3, -0.25) is 0 Å². The second-order valence-electron chi connectivity index (χ2n) is 6.70. The molecular weight excluding hydrogens is 284 g/mol. The van der Waals surface area contributed by atoms with Crippen LogP contribution in [0.3, 0.4) is 0 Å². The molecule has 0 saturated heterocycles. The highest BCUT2D eigenvalue weighted by molar-refractivity contribution is 7.89. The van der Waals surface area contributed by atoms with Gasteiger partial charge in [0.1, 0.15) is 0 Å². The van der Waals surface area contributed by atoms with Crippen molar-refractivity contribution in [3.05, 3.63) is 24.3 Å². The third kappa shape index (κ3) is 4.20. The molecule has 1 saturated carbocycles. The number of benzene rings is 1. The lowest BCUT2D eigenvalue weighted by molar-refractivity contribution is 0.236. The van der Waals surface area contributed by atoms with E-state index in [1.807, 2.05) is 0 Å². The van der Waals surface area contributed by atoms with Crippen LogP contribution in [-0.2, 0) is 10.0 Å². The van der Waals surface area contributed by atoms with E-state index in [0.717, 1.165) is 19.3 Å². The van der Waals surface area contributed by atoms with Crippen LogP contribution in [-0.4, -0.2) is 15.0 Å². The Morgan fingerprint density at radius 3 is 2.29 bits per heavy atom. The smallest absolute Gasteiger partial charge is 0.240 e. The molecule has 1 fully saturated rings. The Labute approximate surface area is 128 Å². The first-order valence-electron chi connectivity index (χ1n) is 7.68. The number of nitrogen functional groups attached to an aromatic ring is 1. The number of nitrogens with two attached hydrogens (primary N) is 1. The van der Waals surface area contributed by atoms with Crippen molar-refractivity contribution in [1.82, 2.24) is 4.72 Å². The normalized spacial score (nSPS) is 18.2. The van der Waals surface area contributed by atoms with E-state index >= 15 is 0 Å². The van der Waals surface area contributed by atoms with Crippen molar-refractivity contribution < 1.29 is 8.42 Å². The zero-order chi connectivity index (χ0) is 15.5. The van der Waals surface area contributed by atoms with E-state index < -0.39 is 10.0 Å². The van der Waals surface area contributed by atoms with Crippen molar-refractivity contribution in [2.24, 2.45) is 11.3 Å². The molecule has 0 heterocycles. The van der Waals surface area contributed by atoms with Crippen LogP contribution in [0, 0.1) is 11.3 Å². The van der Waals surface area contributed by atoms with Gasteiger partial charge in [-0.1, -0.05) is 26.7 Å². The van der Waals surface area contributed by atoms with Gasteiger partial charge in [0, 0.05) is 12.2 Å². The number of sulfonamides is 1. The molecule has 0 bridgehead atoms. The fourth-order valence-electron chi connectivity index (χ4n) is 3.42. The van der Waals surface area contributed by atoms with Crippen molar-refractivity contribution in [2.75, 3.05) is 12.3 Å². The van der Waals surface area contributed by atoms with Gasteiger partial charge in [-0.05, 0) is 54.9 Å². The Balaban J connectivity index is 2.07. The van der Waals surface area contributed by atoms with E-state index in [9.17, 15) is 8.42 Å². The summed E-state index contributed by atoms with van der Waals surface area (Å²) in [5, 5.41) is 0. The zero-order valence-corrected chi connectivity index (χ0v) is 13.7. The fourth-order valence-corrected chi connectivity index (χ4v) is 4.58. The van der Waals surface area contributed by atoms with Crippen LogP contribution >= 0.6 is 0 Å². The van der Waals surface area contributed by atoms with Crippen LogP contribution in [0.1, 0.15) is 46.0 Å². The van der Waals surface area contributed by atoms with Crippen LogP contribution in [0.15, 0.2) is 29.2 Å². The molecule has 118 valence electrons. The van der Waals surface area contributed by atoms with Gasteiger partial charge >= 0.3 is 0 Å². The third-order valence-corrected chi connectivity index (χ3v) is 5.75. The number of hydrogen-bond donors (Lipinski definition) is 2. The van der Waals surface area contributed by atoms with Gasteiger partial charge in [-0.15, -0.1) is 0 Å². The van der Waals surface area contributed by atoms with Crippen LogP contribution in [0.5, 0.6) is 0 Å². The maximum absolute atomic E-state index is 12.4. The molecule has 3 N–H and O–H groups in total. The highest BCUT2D eigenvalue weighted by Gasteiger charge is 2.35. The predicted octanol–water partition coefficient (Wildman–Crippen LogP) is 3.15. The van der Waals surface area contributed by atoms with Gasteiger partial charge < -0.3 is 5.73 Å². The SMILES string of the molecule is CC(C)CC1(CNS(=O)(=O)c2ccc(N)cc2)CCCC1. The average molecular weight is 310 g/mol. The van der Waals surface area contributed by atoms with Crippen molar-refractivity contribution in [3.63, 3.8) is 0 Å². The van der Waals surface area contributed by atoms with Crippen molar-refractivity contribution in [2.45, 2.75) is 50.8 Å². The molecule has 4 nitrogen and oxygen atoms in total. The van der Waals surface area contributed by atoms with Gasteiger partial charge in [0.05, 0.1) is 4.90 Å². The molecule has 0 amide bonds. The lowest BCUT2D eigenvalue weighted by Gasteiger charge is -2.31. The molecule has 21 heavy (non-hydrogen) atoms. The molecule has 0 atom stereocenters. The number of anilines is 1. The topological polar surface area (TPSA) is 72.2 Å². The standard InChI is InChI=1S/C16H26N2O2S/c1-13(2)11-16(9-3-4-10-16)12-18-21(19,20)15-7-5-14(17)6-8-15/h5-8,13,18H,3-4,9-12,17H2,1-2H3. The minimum Gasteiger partial charge on any atom is -0.399 e. The van der Waals surface area contributed by atoms with Crippen LogP contribution < -0.4 is 10.5 Å². The first kappa shape index (κ1) is 16.3. The summed E-state index contributed by atoms with van der Waals surface area (Å²) in [6, 6.07) is 6.35. The largest absolute Gasteiger partial charge is 0.399 e. The predicted molar refractivity (Wildman–Crippen MR) is 86.4 cm³/mol. The third-order valence-electron chi connectivity index (χ3n) is 4.33. The minimum absolute atomic E-state index is 0.134. The van der Waals surface area contributed by atoms with E-state index in [2.05, 4.69) is 18.6 Å². The van der Waals surface area contributed by atoms with E-state index in [0.29, 0.717) is 18.2 Å². The van der Waals surface area contributed by atoms with Crippen LogP contribution in [0.4, 0.5) is 5.69 Å². The monoisotopic (exact) mass is 310 g/mol. The maximum Gasteiger partial charge on any atom is 0.240 e. The highest BCUT2D eigenvalue weighted by Crippen LogP contribution is 2.42. The Morgan fingerprint density at radius 2 is 1.76 bits per heavy atom. The Bertz CT molecular complexity index is 558. The maximum atomic E-state index is 12.4. The van der Waals surface area contributed by atoms with Gasteiger partial charge in [0.25, 0.3) is 0 Å².